The van der Waals surface area contributed by atoms with Crippen molar-refractivity contribution in [3.8, 4) is 0 Å². The molecule has 0 heterocycles. The lowest BCUT2D eigenvalue weighted by Crippen LogP contribution is -2.32. The van der Waals surface area contributed by atoms with Crippen molar-refractivity contribution in [2.24, 2.45) is 0 Å². The minimum Gasteiger partial charge on any atom is -0.391 e. The summed E-state index contributed by atoms with van der Waals surface area (Å²) < 4.78 is 5.80. The Morgan fingerprint density at radius 1 is 1.40 bits per heavy atom. The molecule has 0 saturated heterocycles. The number of benzene rings is 1. The van der Waals surface area contributed by atoms with E-state index in [-0.39, 0.29) is 12.6 Å². The van der Waals surface area contributed by atoms with Crippen LogP contribution in [0.2, 0.25) is 0 Å². The Bertz CT molecular complexity index is 443. The number of urea groups is 1. The summed E-state index contributed by atoms with van der Waals surface area (Å²) in [4.78, 5) is 11.8. The Morgan fingerprint density at radius 3 is 2.55 bits per heavy atom. The largest absolute Gasteiger partial charge is 0.391 e. The second-order valence-electron chi connectivity index (χ2n) is 4.69. The van der Waals surface area contributed by atoms with Crippen LogP contribution in [-0.2, 0) is 4.74 Å². The van der Waals surface area contributed by atoms with E-state index in [1.807, 2.05) is 26.0 Å². The van der Waals surface area contributed by atoms with Gasteiger partial charge in [0, 0.05) is 23.8 Å². The number of methoxy groups -OCH3 is 1. The molecule has 1 atom stereocenters. The lowest BCUT2D eigenvalue weighted by Gasteiger charge is -2.14. The normalized spacial score (nSPS) is 12.1. The molecule has 0 spiro atoms. The van der Waals surface area contributed by atoms with E-state index in [9.17, 15) is 9.90 Å². The number of halogens is 1. The topological polar surface area (TPSA) is 70.6 Å². The fraction of sp³-hybridized carbons (Fsp3) is 0.500. The van der Waals surface area contributed by atoms with Gasteiger partial charge in [-0.1, -0.05) is 15.9 Å². The van der Waals surface area contributed by atoms with Gasteiger partial charge in [-0.05, 0) is 43.5 Å². The van der Waals surface area contributed by atoms with E-state index in [2.05, 4.69) is 26.6 Å². The first-order valence-corrected chi connectivity index (χ1v) is 7.22. The first-order valence-electron chi connectivity index (χ1n) is 6.42. The number of nitrogens with one attached hydrogen (secondary N) is 2. The molecule has 1 rings (SSSR count). The maximum atomic E-state index is 11.8. The molecule has 0 bridgehead atoms. The highest BCUT2D eigenvalue weighted by Crippen LogP contribution is 2.24. The van der Waals surface area contributed by atoms with Gasteiger partial charge in [0.05, 0.1) is 12.7 Å². The summed E-state index contributed by atoms with van der Waals surface area (Å²) in [7, 11) is 1.53. The average Bonchev–Trinajstić information content (AvgIpc) is 2.34. The smallest absolute Gasteiger partial charge is 0.319 e. The molecular weight excluding hydrogens is 324 g/mol. The summed E-state index contributed by atoms with van der Waals surface area (Å²) in [6.45, 7) is 4.55. The molecule has 20 heavy (non-hydrogen) atoms. The lowest BCUT2D eigenvalue weighted by molar-refractivity contribution is 0.0599. The molecule has 0 radical (unpaired) electrons. The summed E-state index contributed by atoms with van der Waals surface area (Å²) in [5.41, 5.74) is 2.79. The van der Waals surface area contributed by atoms with Crippen molar-refractivity contribution in [2.45, 2.75) is 26.4 Å². The molecule has 6 heteroatoms. The number of carbonyl (C=O) groups is 1. The van der Waals surface area contributed by atoms with Crippen molar-refractivity contribution in [1.29, 1.82) is 0 Å². The van der Waals surface area contributed by atoms with E-state index >= 15 is 0 Å². The van der Waals surface area contributed by atoms with Gasteiger partial charge < -0.3 is 20.5 Å². The summed E-state index contributed by atoms with van der Waals surface area (Å²) in [5.74, 6) is 0. The van der Waals surface area contributed by atoms with E-state index in [0.717, 1.165) is 21.3 Å². The average molecular weight is 345 g/mol. The van der Waals surface area contributed by atoms with Crippen molar-refractivity contribution in [3.63, 3.8) is 0 Å². The Balaban J connectivity index is 2.47. The molecule has 1 aromatic carbocycles. The molecule has 0 aliphatic heterocycles. The highest BCUT2D eigenvalue weighted by atomic mass is 79.9. The quantitative estimate of drug-likeness (QED) is 0.742. The Hall–Kier alpha value is -1.11. The molecule has 0 aliphatic rings. The molecule has 0 aromatic heterocycles. The Kier molecular flexibility index (Phi) is 6.98. The molecular formula is C14H21BrN2O3. The third-order valence-corrected chi connectivity index (χ3v) is 3.32. The number of carbonyl (C=O) groups excluding carboxylic acids is 1. The van der Waals surface area contributed by atoms with Crippen LogP contribution in [0.3, 0.4) is 0 Å². The second-order valence-corrected chi connectivity index (χ2v) is 5.61. The highest BCUT2D eigenvalue weighted by Gasteiger charge is 2.09. The highest BCUT2D eigenvalue weighted by molar-refractivity contribution is 9.10. The summed E-state index contributed by atoms with van der Waals surface area (Å²) in [5, 5.41) is 15.0. The minimum absolute atomic E-state index is 0.272. The van der Waals surface area contributed by atoms with Crippen molar-refractivity contribution in [2.75, 3.05) is 25.6 Å². The van der Waals surface area contributed by atoms with Gasteiger partial charge >= 0.3 is 6.03 Å². The molecule has 5 nitrogen and oxygen atoms in total. The fourth-order valence-electron chi connectivity index (χ4n) is 1.89. The number of anilines is 1. The van der Waals surface area contributed by atoms with Crippen LogP contribution >= 0.6 is 15.9 Å². The maximum Gasteiger partial charge on any atom is 0.319 e. The zero-order valence-electron chi connectivity index (χ0n) is 12.0. The van der Waals surface area contributed by atoms with E-state index in [1.54, 1.807) is 0 Å². The predicted octanol–water partition coefficient (Wildman–Crippen LogP) is 2.58. The van der Waals surface area contributed by atoms with Gasteiger partial charge in [0.25, 0.3) is 0 Å². The number of hydrogen-bond donors (Lipinski definition) is 3. The van der Waals surface area contributed by atoms with Crippen LogP contribution in [0.4, 0.5) is 10.5 Å². The number of ether oxygens (including phenoxy) is 1. The summed E-state index contributed by atoms with van der Waals surface area (Å²) in [6, 6.07) is 3.62. The number of amides is 2. The molecule has 112 valence electrons. The monoisotopic (exact) mass is 344 g/mol. The van der Waals surface area contributed by atoms with Crippen molar-refractivity contribution < 1.29 is 14.6 Å². The van der Waals surface area contributed by atoms with E-state index in [1.165, 1.54) is 7.11 Å². The minimum atomic E-state index is -0.559. The van der Waals surface area contributed by atoms with Gasteiger partial charge in [0.1, 0.15) is 0 Å². The van der Waals surface area contributed by atoms with Crippen LogP contribution in [0.5, 0.6) is 0 Å². The van der Waals surface area contributed by atoms with Gasteiger partial charge in [-0.25, -0.2) is 4.79 Å². The van der Waals surface area contributed by atoms with E-state index in [4.69, 9.17) is 4.74 Å². The van der Waals surface area contributed by atoms with Gasteiger partial charge in [-0.2, -0.15) is 0 Å². The van der Waals surface area contributed by atoms with Crippen molar-refractivity contribution in [3.05, 3.63) is 27.7 Å². The fourth-order valence-corrected chi connectivity index (χ4v) is 2.58. The predicted molar refractivity (Wildman–Crippen MR) is 83.1 cm³/mol. The zero-order chi connectivity index (χ0) is 15.1. The van der Waals surface area contributed by atoms with Gasteiger partial charge in [-0.15, -0.1) is 0 Å². The van der Waals surface area contributed by atoms with E-state index in [0.29, 0.717) is 13.0 Å². The van der Waals surface area contributed by atoms with Crippen molar-refractivity contribution in [1.82, 2.24) is 5.32 Å². The number of rotatable bonds is 6. The molecule has 1 aromatic rings. The van der Waals surface area contributed by atoms with Gasteiger partial charge in [0.15, 0.2) is 0 Å². The SMILES string of the molecule is COCC(O)CCNC(=O)Nc1c(C)cc(Br)cc1C. The zero-order valence-corrected chi connectivity index (χ0v) is 13.6. The summed E-state index contributed by atoms with van der Waals surface area (Å²) in [6.07, 6.45) is -0.101. The molecule has 3 N–H and O–H groups in total. The van der Waals surface area contributed by atoms with Crippen LogP contribution in [0.25, 0.3) is 0 Å². The van der Waals surface area contributed by atoms with Gasteiger partial charge in [0.2, 0.25) is 0 Å². The van der Waals surface area contributed by atoms with Crippen LogP contribution in [-0.4, -0.2) is 37.5 Å². The standard InChI is InChI=1S/C14H21BrN2O3/c1-9-6-11(15)7-10(2)13(9)17-14(19)16-5-4-12(18)8-20-3/h6-7,12,18H,4-5,8H2,1-3H3,(H2,16,17,19). The van der Waals surface area contributed by atoms with Crippen LogP contribution in [0, 0.1) is 13.8 Å². The second kappa shape index (κ2) is 8.24. The van der Waals surface area contributed by atoms with Crippen LogP contribution in [0.15, 0.2) is 16.6 Å². The summed E-state index contributed by atoms with van der Waals surface area (Å²) >= 11 is 3.42. The number of aryl methyl sites for hydroxylation is 2. The van der Waals surface area contributed by atoms with Crippen LogP contribution in [0.1, 0.15) is 17.5 Å². The van der Waals surface area contributed by atoms with Gasteiger partial charge in [-0.3, -0.25) is 0 Å². The molecule has 2 amide bonds. The molecule has 1 unspecified atom stereocenters. The number of hydrogen-bond acceptors (Lipinski definition) is 3. The third kappa shape index (κ3) is 5.48. The molecule has 0 fully saturated rings. The van der Waals surface area contributed by atoms with Crippen molar-refractivity contribution >= 4 is 27.6 Å². The van der Waals surface area contributed by atoms with E-state index < -0.39 is 6.10 Å². The first-order chi connectivity index (χ1) is 9.43. The first kappa shape index (κ1) is 16.9. The molecule has 0 saturated carbocycles. The number of aliphatic hydroxyl groups excluding tert-OH is 1. The number of aliphatic hydroxyl groups is 1. The lowest BCUT2D eigenvalue weighted by atomic mass is 10.1. The maximum absolute atomic E-state index is 11.8. The van der Waals surface area contributed by atoms with Crippen LogP contribution < -0.4 is 10.6 Å². The Labute approximate surface area is 127 Å². The Morgan fingerprint density at radius 2 is 2.00 bits per heavy atom. The third-order valence-electron chi connectivity index (χ3n) is 2.86. The molecule has 0 aliphatic carbocycles.